The lowest BCUT2D eigenvalue weighted by Crippen LogP contribution is -2.29. The number of imide groups is 1. The molecule has 196 valence electrons. The van der Waals surface area contributed by atoms with Crippen LogP contribution in [0.15, 0.2) is 42.5 Å². The van der Waals surface area contributed by atoms with Gasteiger partial charge in [-0.15, -0.1) is 0 Å². The zero-order valence-corrected chi connectivity index (χ0v) is 22.2. The third kappa shape index (κ3) is 8.39. The Morgan fingerprint density at radius 2 is 1.06 bits per heavy atom. The number of carbonyl (C=O) groups is 2. The van der Waals surface area contributed by atoms with Crippen molar-refractivity contribution in [1.82, 2.24) is 4.90 Å². The first-order chi connectivity index (χ1) is 17.6. The molecule has 36 heavy (non-hydrogen) atoms. The first-order valence-electron chi connectivity index (χ1n) is 14.0. The number of fused-ring (bicyclic) bond motifs is 1. The molecular formula is C31H43NO4. The number of amides is 2. The number of ether oxygens (including phenoxy) is 2. The van der Waals surface area contributed by atoms with Crippen molar-refractivity contribution in [3.63, 3.8) is 0 Å². The molecule has 0 N–H and O–H groups in total. The number of carbonyl (C=O) groups excluding carboxylic acids is 2. The second kappa shape index (κ2) is 15.3. The molecule has 2 amide bonds. The molecule has 0 atom stereocenters. The van der Waals surface area contributed by atoms with Gasteiger partial charge in [0, 0.05) is 6.07 Å². The van der Waals surface area contributed by atoms with Crippen LogP contribution in [0.2, 0.25) is 0 Å². The summed E-state index contributed by atoms with van der Waals surface area (Å²) in [6.07, 6.45) is 14.5. The summed E-state index contributed by atoms with van der Waals surface area (Å²) < 4.78 is 12.2. The van der Waals surface area contributed by atoms with Gasteiger partial charge in [0.1, 0.15) is 11.5 Å². The molecule has 0 saturated carbocycles. The van der Waals surface area contributed by atoms with Crippen LogP contribution in [0.25, 0.3) is 0 Å². The van der Waals surface area contributed by atoms with Crippen LogP contribution >= 0.6 is 0 Å². The number of hydrogen-bond acceptors (Lipinski definition) is 4. The number of rotatable bonds is 18. The van der Waals surface area contributed by atoms with E-state index in [4.69, 9.17) is 9.47 Å². The molecule has 0 aromatic heterocycles. The normalized spacial score (nSPS) is 12.8. The summed E-state index contributed by atoms with van der Waals surface area (Å²) in [5.74, 6) is 0.971. The second-order valence-corrected chi connectivity index (χ2v) is 9.79. The molecule has 5 nitrogen and oxygen atoms in total. The zero-order valence-electron chi connectivity index (χ0n) is 22.2. The smallest absolute Gasteiger partial charge is 0.261 e. The molecule has 0 aliphatic carbocycles. The Morgan fingerprint density at radius 1 is 0.611 bits per heavy atom. The first kappa shape index (κ1) is 27.8. The maximum absolute atomic E-state index is 12.9. The van der Waals surface area contributed by atoms with Crippen molar-refractivity contribution in [2.75, 3.05) is 13.2 Å². The van der Waals surface area contributed by atoms with Crippen LogP contribution < -0.4 is 9.47 Å². The maximum Gasteiger partial charge on any atom is 0.261 e. The van der Waals surface area contributed by atoms with Gasteiger partial charge in [0.15, 0.2) is 0 Å². The summed E-state index contributed by atoms with van der Waals surface area (Å²) in [5.41, 5.74) is 1.78. The summed E-state index contributed by atoms with van der Waals surface area (Å²) in [6.45, 7) is 5.96. The van der Waals surface area contributed by atoms with E-state index >= 15 is 0 Å². The van der Waals surface area contributed by atoms with Crippen molar-refractivity contribution in [2.24, 2.45) is 0 Å². The van der Waals surface area contributed by atoms with Gasteiger partial charge in [0.2, 0.25) is 0 Å². The Kier molecular flexibility index (Phi) is 11.8. The molecular weight excluding hydrogens is 450 g/mol. The summed E-state index contributed by atoms with van der Waals surface area (Å²) in [6, 6.07) is 12.8. The van der Waals surface area contributed by atoms with E-state index in [9.17, 15) is 9.59 Å². The van der Waals surface area contributed by atoms with Gasteiger partial charge >= 0.3 is 0 Å². The number of unbranched alkanes of at least 4 members (excludes halogenated alkanes) is 10. The predicted octanol–water partition coefficient (Wildman–Crippen LogP) is 7.96. The molecule has 0 bridgehead atoms. The Balaban J connectivity index is 1.61. The highest BCUT2D eigenvalue weighted by atomic mass is 16.5. The van der Waals surface area contributed by atoms with E-state index < -0.39 is 0 Å². The molecule has 2 aromatic rings. The molecule has 0 saturated heterocycles. The summed E-state index contributed by atoms with van der Waals surface area (Å²) in [4.78, 5) is 27.0. The van der Waals surface area contributed by atoms with Crippen molar-refractivity contribution in [3.05, 3.63) is 59.2 Å². The van der Waals surface area contributed by atoms with Crippen LogP contribution in [-0.2, 0) is 6.54 Å². The van der Waals surface area contributed by atoms with Crippen LogP contribution in [0.5, 0.6) is 11.5 Å². The molecule has 0 fully saturated rings. The minimum Gasteiger partial charge on any atom is -0.493 e. The Bertz CT molecular complexity index is 900. The van der Waals surface area contributed by atoms with Gasteiger partial charge in [-0.1, -0.05) is 90.2 Å². The van der Waals surface area contributed by atoms with Gasteiger partial charge in [0.25, 0.3) is 11.8 Å². The Hall–Kier alpha value is -2.82. The van der Waals surface area contributed by atoms with Gasteiger partial charge in [-0.05, 0) is 42.7 Å². The van der Waals surface area contributed by atoms with Gasteiger partial charge < -0.3 is 9.47 Å². The van der Waals surface area contributed by atoms with Crippen molar-refractivity contribution in [2.45, 2.75) is 97.4 Å². The third-order valence-electron chi connectivity index (χ3n) is 6.69. The second-order valence-electron chi connectivity index (χ2n) is 9.79. The number of hydrogen-bond donors (Lipinski definition) is 0. The van der Waals surface area contributed by atoms with E-state index in [1.54, 1.807) is 24.3 Å². The highest BCUT2D eigenvalue weighted by Crippen LogP contribution is 2.28. The molecule has 5 heteroatoms. The van der Waals surface area contributed by atoms with E-state index in [2.05, 4.69) is 13.8 Å². The minimum atomic E-state index is -0.247. The number of nitrogens with zero attached hydrogens (tertiary/aromatic N) is 1. The van der Waals surface area contributed by atoms with Crippen LogP contribution in [0.4, 0.5) is 0 Å². The lowest BCUT2D eigenvalue weighted by molar-refractivity contribution is 0.0642. The van der Waals surface area contributed by atoms with E-state index in [0.717, 1.165) is 42.7 Å². The largest absolute Gasteiger partial charge is 0.493 e. The minimum absolute atomic E-state index is 0.202. The van der Waals surface area contributed by atoms with Crippen molar-refractivity contribution in [3.8, 4) is 11.5 Å². The van der Waals surface area contributed by atoms with Crippen LogP contribution in [0.3, 0.4) is 0 Å². The maximum atomic E-state index is 12.9. The quantitative estimate of drug-likeness (QED) is 0.156. The molecule has 3 rings (SSSR count). The summed E-state index contributed by atoms with van der Waals surface area (Å²) in [7, 11) is 0. The van der Waals surface area contributed by atoms with E-state index in [-0.39, 0.29) is 18.4 Å². The molecule has 1 heterocycles. The first-order valence-corrected chi connectivity index (χ1v) is 14.0. The van der Waals surface area contributed by atoms with Gasteiger partial charge in [-0.25, -0.2) is 0 Å². The monoisotopic (exact) mass is 493 g/mol. The fourth-order valence-electron chi connectivity index (χ4n) is 4.60. The van der Waals surface area contributed by atoms with Gasteiger partial charge in [0.05, 0.1) is 30.9 Å². The van der Waals surface area contributed by atoms with E-state index in [1.165, 1.54) is 56.3 Å². The highest BCUT2D eigenvalue weighted by molar-refractivity contribution is 6.21. The summed E-state index contributed by atoms with van der Waals surface area (Å²) in [5, 5.41) is 0. The van der Waals surface area contributed by atoms with Crippen molar-refractivity contribution >= 4 is 11.8 Å². The lowest BCUT2D eigenvalue weighted by Gasteiger charge is -2.17. The standard InChI is InChI=1S/C31H43NO4/c1-3-5-7-9-11-15-19-35-26-21-25(22-27(23-26)36-20-16-12-10-8-6-4-2)24-32-30(33)28-17-13-14-18-29(28)31(32)34/h13-14,17-18,21-23H,3-12,15-16,19-20,24H2,1-2H3. The van der Waals surface area contributed by atoms with Crippen molar-refractivity contribution in [1.29, 1.82) is 0 Å². The van der Waals surface area contributed by atoms with Gasteiger partial charge in [-0.2, -0.15) is 0 Å². The highest BCUT2D eigenvalue weighted by Gasteiger charge is 2.35. The van der Waals surface area contributed by atoms with E-state index in [0.29, 0.717) is 24.3 Å². The topological polar surface area (TPSA) is 55.8 Å². The molecule has 1 aliphatic rings. The lowest BCUT2D eigenvalue weighted by atomic mass is 10.1. The van der Waals surface area contributed by atoms with Crippen LogP contribution in [0.1, 0.15) is 117 Å². The third-order valence-corrected chi connectivity index (χ3v) is 6.69. The van der Waals surface area contributed by atoms with Crippen LogP contribution in [0, 0.1) is 0 Å². The molecule has 2 aromatic carbocycles. The van der Waals surface area contributed by atoms with Gasteiger partial charge in [-0.3, -0.25) is 14.5 Å². The van der Waals surface area contributed by atoms with E-state index in [1.807, 2.05) is 18.2 Å². The Labute approximate surface area is 217 Å². The molecule has 0 radical (unpaired) electrons. The predicted molar refractivity (Wildman–Crippen MR) is 145 cm³/mol. The zero-order chi connectivity index (χ0) is 25.6. The molecule has 0 spiro atoms. The average molecular weight is 494 g/mol. The Morgan fingerprint density at radius 3 is 1.53 bits per heavy atom. The number of benzene rings is 2. The average Bonchev–Trinajstić information content (AvgIpc) is 3.12. The molecule has 1 aliphatic heterocycles. The van der Waals surface area contributed by atoms with Crippen molar-refractivity contribution < 1.29 is 19.1 Å². The molecule has 0 unspecified atom stereocenters. The fraction of sp³-hybridized carbons (Fsp3) is 0.548. The summed E-state index contributed by atoms with van der Waals surface area (Å²) >= 11 is 0. The van der Waals surface area contributed by atoms with Crippen LogP contribution in [-0.4, -0.2) is 29.9 Å². The fourth-order valence-corrected chi connectivity index (χ4v) is 4.60. The SMILES string of the molecule is CCCCCCCCOc1cc(CN2C(=O)c3ccccc3C2=O)cc(OCCCCCCCC)c1.